The summed E-state index contributed by atoms with van der Waals surface area (Å²) < 4.78 is 0. The average molecular weight is 817 g/mol. The van der Waals surface area contributed by atoms with Crippen molar-refractivity contribution in [2.24, 2.45) is 0 Å². The second-order valence-electron chi connectivity index (χ2n) is 15.9. The Morgan fingerprint density at radius 1 is 0.339 bits per heavy atom. The number of benzene rings is 9. The normalized spacial score (nSPS) is 12.7. The van der Waals surface area contributed by atoms with Crippen LogP contribution in [0.2, 0.25) is 0 Å². The lowest BCUT2D eigenvalue weighted by Crippen LogP contribution is -2.61. The number of nitrogens with zero attached hydrogens (tertiary/aromatic N) is 2. The Labute approximate surface area is 369 Å². The summed E-state index contributed by atoms with van der Waals surface area (Å²) >= 11 is 0. The van der Waals surface area contributed by atoms with Gasteiger partial charge < -0.3 is 9.80 Å². The molecular weight excluding hydrogens is 768 g/mol. The van der Waals surface area contributed by atoms with Crippen molar-refractivity contribution in [2.45, 2.75) is 47.3 Å². The van der Waals surface area contributed by atoms with Gasteiger partial charge in [-0.2, -0.15) is 0 Å². The van der Waals surface area contributed by atoms with Gasteiger partial charge in [-0.25, -0.2) is 0 Å². The molecule has 0 radical (unpaired) electrons. The van der Waals surface area contributed by atoms with Crippen molar-refractivity contribution in [3.8, 4) is 11.1 Å². The summed E-state index contributed by atoms with van der Waals surface area (Å²) in [7, 11) is -1.89. The Kier molecular flexibility index (Phi) is 10.4. The van der Waals surface area contributed by atoms with Gasteiger partial charge in [0.15, 0.2) is 0 Å². The van der Waals surface area contributed by atoms with Crippen molar-refractivity contribution < 1.29 is 0 Å². The molecule has 11 rings (SSSR count). The van der Waals surface area contributed by atoms with Crippen LogP contribution in [0.25, 0.3) is 11.1 Å². The molecule has 0 amide bonds. The van der Waals surface area contributed by atoms with Crippen molar-refractivity contribution in [2.75, 3.05) is 9.80 Å². The Hall–Kier alpha value is -7.01. The maximum Gasteiger partial charge on any atom is 0.252 e. The fourth-order valence-electron chi connectivity index (χ4n) is 9.68. The van der Waals surface area contributed by atoms with Crippen LogP contribution in [0.3, 0.4) is 0 Å². The molecule has 0 unspecified atom stereocenters. The first kappa shape index (κ1) is 39.2. The van der Waals surface area contributed by atoms with E-state index in [1.165, 1.54) is 81.0 Å². The van der Waals surface area contributed by atoms with Gasteiger partial charge >= 0.3 is 0 Å². The zero-order chi connectivity index (χ0) is 42.2. The molecule has 2 aliphatic heterocycles. The Bertz CT molecular complexity index is 2790. The minimum absolute atomic E-state index is 0.0615. The number of aryl methyl sites for hydroxylation is 2. The largest absolute Gasteiger partial charge is 0.311 e. The van der Waals surface area contributed by atoms with E-state index < -0.39 is 10.0 Å². The lowest BCUT2D eigenvalue weighted by Gasteiger charge is -2.44. The summed E-state index contributed by atoms with van der Waals surface area (Å²) in [6, 6.07) is 83.6. The molecule has 2 heterocycles. The minimum atomic E-state index is -1.89. The topological polar surface area (TPSA) is 6.48 Å². The highest BCUT2D eigenvalue weighted by Crippen LogP contribution is 2.73. The average Bonchev–Trinajstić information content (AvgIpc) is 3.34. The van der Waals surface area contributed by atoms with Gasteiger partial charge in [0.25, 0.3) is 6.71 Å². The highest BCUT2D eigenvalue weighted by atomic mass is 32.3. The van der Waals surface area contributed by atoms with Gasteiger partial charge in [-0.05, 0) is 138 Å². The molecular formula is C58H49BN2S. The molecule has 2 aliphatic rings. The van der Waals surface area contributed by atoms with E-state index in [1.807, 2.05) is 13.8 Å². The third-order valence-electron chi connectivity index (χ3n) is 12.2. The van der Waals surface area contributed by atoms with Crippen molar-refractivity contribution in [3.63, 3.8) is 0 Å². The van der Waals surface area contributed by atoms with Crippen LogP contribution < -0.4 is 26.2 Å². The third kappa shape index (κ3) is 6.45. The van der Waals surface area contributed by atoms with Crippen LogP contribution in [0.1, 0.15) is 25.0 Å². The first-order chi connectivity index (χ1) is 30.6. The standard InChI is InChI=1S/C56H43BN2S.C2H6/c1-40-31-33-52-50(35-40)57-51-36-41(2)32-34-53(51)59(45-22-10-4-11-23-45)55-39-43(38-54(56(55)57)58(52)44-20-8-3-9-21-44)42-19-18-30-49(37-42)60(46-24-12-5-13-25-46,47-26-14-6-15-27-47)48-28-16-7-17-29-48;1-2/h3-39H,1-2H3;1-2H3. The molecule has 0 atom stereocenters. The Morgan fingerprint density at radius 2 is 0.726 bits per heavy atom. The summed E-state index contributed by atoms with van der Waals surface area (Å²) in [6.45, 7) is 8.50. The maximum atomic E-state index is 2.51. The number of anilines is 6. The maximum absolute atomic E-state index is 2.51. The van der Waals surface area contributed by atoms with Crippen LogP contribution in [-0.4, -0.2) is 6.71 Å². The van der Waals surface area contributed by atoms with Crippen molar-refractivity contribution in [1.82, 2.24) is 0 Å². The van der Waals surface area contributed by atoms with E-state index in [0.29, 0.717) is 0 Å². The summed E-state index contributed by atoms with van der Waals surface area (Å²) in [5.41, 5.74) is 16.1. The second kappa shape index (κ2) is 16.5. The van der Waals surface area contributed by atoms with Gasteiger partial charge in [-0.15, -0.1) is 10.0 Å². The molecule has 0 aliphatic carbocycles. The quantitative estimate of drug-likeness (QED) is 0.148. The molecule has 4 heteroatoms. The van der Waals surface area contributed by atoms with Gasteiger partial charge in [0.1, 0.15) is 0 Å². The first-order valence-corrected chi connectivity index (χ1v) is 23.4. The molecule has 9 aromatic rings. The van der Waals surface area contributed by atoms with Crippen molar-refractivity contribution >= 4 is 67.3 Å². The summed E-state index contributed by atoms with van der Waals surface area (Å²) in [6.07, 6.45) is 0. The SMILES string of the molecule is CC.Cc1ccc2c(c1)B1c3cc(C)ccc3N(c3ccccc3)c3cc(-c4cccc(S(c5ccccc5)(c5ccccc5)c5ccccc5)c4)cc(c31)N2c1ccccc1. The number of fused-ring (bicyclic) bond motifs is 4. The molecule has 300 valence electrons. The van der Waals surface area contributed by atoms with Crippen molar-refractivity contribution in [1.29, 1.82) is 0 Å². The van der Waals surface area contributed by atoms with E-state index in [1.54, 1.807) is 0 Å². The van der Waals surface area contributed by atoms with Gasteiger partial charge in [0.05, 0.1) is 0 Å². The summed E-state index contributed by atoms with van der Waals surface area (Å²) in [5, 5.41) is 0. The number of hydrogen-bond donors (Lipinski definition) is 0. The monoisotopic (exact) mass is 816 g/mol. The van der Waals surface area contributed by atoms with E-state index in [0.717, 1.165) is 11.4 Å². The van der Waals surface area contributed by atoms with E-state index in [9.17, 15) is 0 Å². The van der Waals surface area contributed by atoms with E-state index in [4.69, 9.17) is 0 Å². The van der Waals surface area contributed by atoms with E-state index >= 15 is 0 Å². The summed E-state index contributed by atoms with van der Waals surface area (Å²) in [5.74, 6) is 0. The molecule has 0 N–H and O–H groups in total. The zero-order valence-corrected chi connectivity index (χ0v) is 36.6. The zero-order valence-electron chi connectivity index (χ0n) is 35.7. The van der Waals surface area contributed by atoms with Crippen LogP contribution in [-0.2, 0) is 0 Å². The molecule has 9 aromatic carbocycles. The molecule has 0 bridgehead atoms. The van der Waals surface area contributed by atoms with Gasteiger partial charge in [0, 0.05) is 53.7 Å². The van der Waals surface area contributed by atoms with E-state index in [2.05, 4.69) is 248 Å². The summed E-state index contributed by atoms with van der Waals surface area (Å²) in [4.78, 5) is 10.3. The van der Waals surface area contributed by atoms with Crippen LogP contribution >= 0.6 is 10.0 Å². The minimum Gasteiger partial charge on any atom is -0.311 e. The molecule has 2 nitrogen and oxygen atoms in total. The van der Waals surface area contributed by atoms with Gasteiger partial charge in [-0.3, -0.25) is 0 Å². The van der Waals surface area contributed by atoms with Crippen LogP contribution in [0.5, 0.6) is 0 Å². The third-order valence-corrected chi connectivity index (χ3v) is 16.1. The second-order valence-corrected chi connectivity index (χ2v) is 19.0. The number of para-hydroxylation sites is 2. The van der Waals surface area contributed by atoms with Crippen LogP contribution in [0.4, 0.5) is 34.1 Å². The van der Waals surface area contributed by atoms with Gasteiger partial charge in [-0.1, -0.05) is 152 Å². The molecule has 0 fully saturated rings. The highest BCUT2D eigenvalue weighted by Gasteiger charge is 2.44. The Morgan fingerprint density at radius 3 is 1.15 bits per heavy atom. The molecule has 0 aromatic heterocycles. The smallest absolute Gasteiger partial charge is 0.252 e. The number of rotatable bonds is 7. The van der Waals surface area contributed by atoms with E-state index in [-0.39, 0.29) is 6.71 Å². The predicted molar refractivity (Wildman–Crippen MR) is 267 cm³/mol. The molecule has 62 heavy (non-hydrogen) atoms. The highest BCUT2D eigenvalue weighted by molar-refractivity contribution is 8.34. The lowest BCUT2D eigenvalue weighted by molar-refractivity contribution is 1.24. The lowest BCUT2D eigenvalue weighted by atomic mass is 9.33. The fraction of sp³-hybridized carbons (Fsp3) is 0.0690. The predicted octanol–water partition coefficient (Wildman–Crippen LogP) is 14.4. The fourth-order valence-corrected chi connectivity index (χ4v) is 13.6. The molecule has 0 saturated heterocycles. The van der Waals surface area contributed by atoms with Crippen LogP contribution in [0, 0.1) is 13.8 Å². The van der Waals surface area contributed by atoms with Gasteiger partial charge in [0.2, 0.25) is 0 Å². The van der Waals surface area contributed by atoms with Crippen LogP contribution in [0.15, 0.2) is 244 Å². The first-order valence-electron chi connectivity index (χ1n) is 21.8. The van der Waals surface area contributed by atoms with Crippen molar-refractivity contribution in [3.05, 3.63) is 236 Å². The Balaban J connectivity index is 0.00000226. The number of hydrogen-bond acceptors (Lipinski definition) is 2. The molecule has 0 saturated carbocycles. The molecule has 0 spiro atoms.